The van der Waals surface area contributed by atoms with E-state index in [4.69, 9.17) is 4.42 Å². The van der Waals surface area contributed by atoms with Crippen LogP contribution >= 0.6 is 11.8 Å². The Labute approximate surface area is 119 Å². The Morgan fingerprint density at radius 3 is 3.05 bits per heavy atom. The van der Waals surface area contributed by atoms with Gasteiger partial charge in [0.2, 0.25) is 5.91 Å². The van der Waals surface area contributed by atoms with Crippen molar-refractivity contribution in [3.63, 3.8) is 0 Å². The molecular formula is C15H23NO2S. The first-order valence-corrected chi connectivity index (χ1v) is 8.15. The number of rotatable bonds is 6. The first kappa shape index (κ1) is 14.5. The molecule has 2 atom stereocenters. The van der Waals surface area contributed by atoms with Crippen molar-refractivity contribution in [3.05, 3.63) is 24.2 Å². The molecule has 0 saturated heterocycles. The minimum absolute atomic E-state index is 0.239. The number of amides is 1. The molecule has 0 N–H and O–H groups in total. The van der Waals surface area contributed by atoms with Crippen molar-refractivity contribution in [1.29, 1.82) is 0 Å². The number of carbonyl (C=O) groups is 1. The zero-order chi connectivity index (χ0) is 13.7. The molecule has 1 amide bonds. The second-order valence-electron chi connectivity index (χ2n) is 5.13. The van der Waals surface area contributed by atoms with E-state index in [2.05, 4.69) is 6.92 Å². The zero-order valence-electron chi connectivity index (χ0n) is 11.8. The van der Waals surface area contributed by atoms with Crippen LogP contribution in [0.3, 0.4) is 0 Å². The van der Waals surface area contributed by atoms with E-state index >= 15 is 0 Å². The van der Waals surface area contributed by atoms with Gasteiger partial charge in [0, 0.05) is 31.2 Å². The van der Waals surface area contributed by atoms with Crippen LogP contribution in [0.1, 0.15) is 38.4 Å². The Kier molecular flexibility index (Phi) is 5.37. The van der Waals surface area contributed by atoms with E-state index in [1.807, 2.05) is 35.8 Å². The lowest BCUT2D eigenvalue weighted by Gasteiger charge is -2.24. The molecule has 0 radical (unpaired) electrons. The molecular weight excluding hydrogens is 258 g/mol. The molecule has 1 aromatic heterocycles. The van der Waals surface area contributed by atoms with E-state index in [1.165, 1.54) is 12.2 Å². The highest BCUT2D eigenvalue weighted by molar-refractivity contribution is 7.99. The van der Waals surface area contributed by atoms with E-state index in [0.717, 1.165) is 23.9 Å². The van der Waals surface area contributed by atoms with E-state index in [0.29, 0.717) is 18.9 Å². The molecule has 2 rings (SSSR count). The Hall–Kier alpha value is -0.900. The molecule has 3 nitrogen and oxygen atoms in total. The summed E-state index contributed by atoms with van der Waals surface area (Å²) in [4.78, 5) is 14.1. The summed E-state index contributed by atoms with van der Waals surface area (Å²) < 4.78 is 5.26. The minimum Gasteiger partial charge on any atom is -0.469 e. The van der Waals surface area contributed by atoms with Gasteiger partial charge in [-0.2, -0.15) is 11.8 Å². The predicted octanol–water partition coefficient (Wildman–Crippen LogP) is 3.34. The molecule has 0 unspecified atom stereocenters. The van der Waals surface area contributed by atoms with Crippen molar-refractivity contribution in [2.24, 2.45) is 0 Å². The SMILES string of the molecule is CCS[C@@H]1CC[C@@H](N(C)C(=O)CCc2ccco2)C1. The normalized spacial score (nSPS) is 22.6. The third kappa shape index (κ3) is 4.03. The summed E-state index contributed by atoms with van der Waals surface area (Å²) in [5.41, 5.74) is 0. The average molecular weight is 281 g/mol. The molecule has 0 bridgehead atoms. The zero-order valence-corrected chi connectivity index (χ0v) is 12.6. The number of aryl methyl sites for hydroxylation is 1. The predicted molar refractivity (Wildman–Crippen MR) is 79.4 cm³/mol. The van der Waals surface area contributed by atoms with Crippen LogP contribution in [-0.4, -0.2) is 34.9 Å². The fourth-order valence-corrected chi connectivity index (χ4v) is 3.85. The third-order valence-electron chi connectivity index (χ3n) is 3.87. The molecule has 106 valence electrons. The van der Waals surface area contributed by atoms with Gasteiger partial charge in [-0.3, -0.25) is 4.79 Å². The number of carbonyl (C=O) groups excluding carboxylic acids is 1. The number of nitrogens with zero attached hydrogens (tertiary/aromatic N) is 1. The molecule has 1 heterocycles. The van der Waals surface area contributed by atoms with Crippen LogP contribution in [0, 0.1) is 0 Å². The van der Waals surface area contributed by atoms with E-state index in [9.17, 15) is 4.79 Å². The number of thioether (sulfide) groups is 1. The monoisotopic (exact) mass is 281 g/mol. The first-order chi connectivity index (χ1) is 9.20. The minimum atomic E-state index is 0.239. The van der Waals surface area contributed by atoms with Gasteiger partial charge in [-0.25, -0.2) is 0 Å². The molecule has 0 aromatic carbocycles. The number of hydrogen-bond acceptors (Lipinski definition) is 3. The first-order valence-electron chi connectivity index (χ1n) is 7.10. The maximum Gasteiger partial charge on any atom is 0.223 e. The van der Waals surface area contributed by atoms with Crippen molar-refractivity contribution >= 4 is 17.7 Å². The Bertz CT molecular complexity index is 391. The van der Waals surface area contributed by atoms with Crippen LogP contribution < -0.4 is 0 Å². The van der Waals surface area contributed by atoms with Gasteiger partial charge in [0.05, 0.1) is 6.26 Å². The fourth-order valence-electron chi connectivity index (χ4n) is 2.72. The molecule has 1 fully saturated rings. The summed E-state index contributed by atoms with van der Waals surface area (Å²) in [5, 5.41) is 0.746. The molecule has 1 aliphatic carbocycles. The number of furan rings is 1. The smallest absolute Gasteiger partial charge is 0.223 e. The van der Waals surface area contributed by atoms with Gasteiger partial charge in [0.25, 0.3) is 0 Å². The Morgan fingerprint density at radius 1 is 1.53 bits per heavy atom. The average Bonchev–Trinajstić information content (AvgIpc) is 3.06. The van der Waals surface area contributed by atoms with Gasteiger partial charge in [0.15, 0.2) is 0 Å². The second kappa shape index (κ2) is 7.04. The molecule has 19 heavy (non-hydrogen) atoms. The van der Waals surface area contributed by atoms with Crippen LogP contribution in [0.2, 0.25) is 0 Å². The largest absolute Gasteiger partial charge is 0.469 e. The highest BCUT2D eigenvalue weighted by atomic mass is 32.2. The fraction of sp³-hybridized carbons (Fsp3) is 0.667. The van der Waals surface area contributed by atoms with Gasteiger partial charge in [-0.1, -0.05) is 6.92 Å². The topological polar surface area (TPSA) is 33.5 Å². The van der Waals surface area contributed by atoms with Gasteiger partial charge >= 0.3 is 0 Å². The molecule has 1 saturated carbocycles. The summed E-state index contributed by atoms with van der Waals surface area (Å²) in [7, 11) is 1.95. The molecule has 0 aliphatic heterocycles. The van der Waals surface area contributed by atoms with Gasteiger partial charge in [0.1, 0.15) is 5.76 Å². The third-order valence-corrected chi connectivity index (χ3v) is 5.10. The Balaban J connectivity index is 1.76. The Morgan fingerprint density at radius 2 is 2.37 bits per heavy atom. The summed E-state index contributed by atoms with van der Waals surface area (Å²) in [6.07, 6.45) is 6.47. The van der Waals surface area contributed by atoms with Gasteiger partial charge in [-0.05, 0) is 37.1 Å². The van der Waals surface area contributed by atoms with Crippen molar-refractivity contribution in [3.8, 4) is 0 Å². The lowest BCUT2D eigenvalue weighted by Crippen LogP contribution is -2.35. The standard InChI is InChI=1S/C15H23NO2S/c1-3-19-14-8-6-12(11-14)16(2)15(17)9-7-13-5-4-10-18-13/h4-5,10,12,14H,3,6-9,11H2,1-2H3/t12-,14-/m1/s1. The van der Waals surface area contributed by atoms with Crippen LogP contribution in [0.4, 0.5) is 0 Å². The summed E-state index contributed by atoms with van der Waals surface area (Å²) in [6, 6.07) is 4.23. The highest BCUT2D eigenvalue weighted by Crippen LogP contribution is 2.32. The van der Waals surface area contributed by atoms with Crippen molar-refractivity contribution in [1.82, 2.24) is 4.90 Å². The van der Waals surface area contributed by atoms with Gasteiger partial charge < -0.3 is 9.32 Å². The molecule has 0 spiro atoms. The molecule has 1 aromatic rings. The summed E-state index contributed by atoms with van der Waals surface area (Å²) in [6.45, 7) is 2.20. The van der Waals surface area contributed by atoms with E-state index in [-0.39, 0.29) is 5.91 Å². The van der Waals surface area contributed by atoms with Crippen molar-refractivity contribution in [2.75, 3.05) is 12.8 Å². The van der Waals surface area contributed by atoms with Crippen molar-refractivity contribution < 1.29 is 9.21 Å². The van der Waals surface area contributed by atoms with Gasteiger partial charge in [-0.15, -0.1) is 0 Å². The maximum absolute atomic E-state index is 12.2. The lowest BCUT2D eigenvalue weighted by atomic mass is 10.2. The van der Waals surface area contributed by atoms with Crippen LogP contribution in [-0.2, 0) is 11.2 Å². The van der Waals surface area contributed by atoms with Crippen LogP contribution in [0.5, 0.6) is 0 Å². The summed E-state index contributed by atoms with van der Waals surface area (Å²) >= 11 is 2.03. The molecule has 4 heteroatoms. The quantitative estimate of drug-likeness (QED) is 0.802. The highest BCUT2D eigenvalue weighted by Gasteiger charge is 2.29. The van der Waals surface area contributed by atoms with Crippen LogP contribution in [0.25, 0.3) is 0 Å². The van der Waals surface area contributed by atoms with E-state index in [1.54, 1.807) is 6.26 Å². The number of hydrogen-bond donors (Lipinski definition) is 0. The molecule has 1 aliphatic rings. The van der Waals surface area contributed by atoms with Crippen LogP contribution in [0.15, 0.2) is 22.8 Å². The summed E-state index contributed by atoms with van der Waals surface area (Å²) in [5.74, 6) is 2.31. The van der Waals surface area contributed by atoms with Crippen molar-refractivity contribution in [2.45, 2.75) is 50.3 Å². The lowest BCUT2D eigenvalue weighted by molar-refractivity contribution is -0.131. The van der Waals surface area contributed by atoms with E-state index < -0.39 is 0 Å². The second-order valence-corrected chi connectivity index (χ2v) is 6.71. The maximum atomic E-state index is 12.2.